The molecule has 2 heterocycles. The molecule has 32 heavy (non-hydrogen) atoms. The first-order valence-corrected chi connectivity index (χ1v) is 10.9. The van der Waals surface area contributed by atoms with E-state index in [9.17, 15) is 9.59 Å². The van der Waals surface area contributed by atoms with Gasteiger partial charge in [0.15, 0.2) is 0 Å². The lowest BCUT2D eigenvalue weighted by Gasteiger charge is -2.33. The van der Waals surface area contributed by atoms with Crippen LogP contribution in [0.25, 0.3) is 10.9 Å². The average molecular weight is 433 g/mol. The number of nitrogens with zero attached hydrogens (tertiary/aromatic N) is 2. The maximum absolute atomic E-state index is 12.4. The van der Waals surface area contributed by atoms with E-state index in [4.69, 9.17) is 4.74 Å². The number of rotatable bonds is 6. The van der Waals surface area contributed by atoms with Crippen molar-refractivity contribution in [2.45, 2.75) is 19.4 Å². The number of aromatic nitrogens is 1. The van der Waals surface area contributed by atoms with Gasteiger partial charge in [-0.1, -0.05) is 48.5 Å². The number of carbonyl (C=O) groups excluding carboxylic acids is 2. The maximum Gasteiger partial charge on any atom is 0.313 e. The molecule has 0 spiro atoms. The molecule has 1 fully saturated rings. The van der Waals surface area contributed by atoms with Crippen molar-refractivity contribution in [1.82, 2.24) is 15.2 Å². The summed E-state index contributed by atoms with van der Waals surface area (Å²) in [5, 5.41) is 6.25. The molecule has 166 valence electrons. The molecule has 4 rings (SSSR count). The Kier molecular flexibility index (Phi) is 7.09. The molecule has 1 aliphatic heterocycles. The maximum atomic E-state index is 12.4. The van der Waals surface area contributed by atoms with E-state index in [1.54, 1.807) is 6.07 Å². The van der Waals surface area contributed by atoms with Crippen LogP contribution < -0.4 is 10.6 Å². The van der Waals surface area contributed by atoms with Gasteiger partial charge in [-0.25, -0.2) is 0 Å². The van der Waals surface area contributed by atoms with Crippen LogP contribution >= 0.6 is 0 Å². The van der Waals surface area contributed by atoms with Crippen molar-refractivity contribution in [3.63, 3.8) is 0 Å². The van der Waals surface area contributed by atoms with Gasteiger partial charge in [-0.3, -0.25) is 19.5 Å². The van der Waals surface area contributed by atoms with Crippen LogP contribution in [0.15, 0.2) is 60.7 Å². The smallest absolute Gasteiger partial charge is 0.313 e. The number of amides is 2. The first-order chi connectivity index (χ1) is 15.6. The molecule has 2 N–H and O–H groups in total. The number of para-hydroxylation sites is 1. The summed E-state index contributed by atoms with van der Waals surface area (Å²) in [5.74, 6) is -1.30. The molecule has 7 nitrogen and oxygen atoms in total. The van der Waals surface area contributed by atoms with Crippen molar-refractivity contribution < 1.29 is 14.3 Å². The number of hydrogen-bond acceptors (Lipinski definition) is 5. The summed E-state index contributed by atoms with van der Waals surface area (Å²) in [6, 6.07) is 19.5. The van der Waals surface area contributed by atoms with Crippen molar-refractivity contribution in [3.8, 4) is 0 Å². The minimum Gasteiger partial charge on any atom is -0.371 e. The van der Waals surface area contributed by atoms with Gasteiger partial charge < -0.3 is 15.4 Å². The standard InChI is InChI=1S/C25H28N4O3/c1-18-16-22(20-10-5-6-11-21(20)27-18)28-25(31)24(30)26-12-7-13-29-14-15-32-23(17-29)19-8-3-2-4-9-19/h2-6,8-11,16,23H,7,12-15,17H2,1H3,(H,26,30)(H,27,28,31). The fourth-order valence-electron chi connectivity index (χ4n) is 3.95. The van der Waals surface area contributed by atoms with Crippen LogP contribution in [0, 0.1) is 6.92 Å². The normalized spacial score (nSPS) is 16.6. The highest BCUT2D eigenvalue weighted by atomic mass is 16.5. The molecule has 1 atom stereocenters. The summed E-state index contributed by atoms with van der Waals surface area (Å²) in [5.41, 5.74) is 3.33. The number of carbonyl (C=O) groups is 2. The van der Waals surface area contributed by atoms with Crippen LogP contribution in [0.3, 0.4) is 0 Å². The van der Waals surface area contributed by atoms with Gasteiger partial charge in [-0.15, -0.1) is 0 Å². The van der Waals surface area contributed by atoms with Crippen LogP contribution in [0.1, 0.15) is 23.8 Å². The Balaban J connectivity index is 1.23. The Morgan fingerprint density at radius 2 is 1.88 bits per heavy atom. The van der Waals surface area contributed by atoms with E-state index in [2.05, 4.69) is 32.7 Å². The zero-order valence-electron chi connectivity index (χ0n) is 18.2. The minimum absolute atomic E-state index is 0.0731. The lowest BCUT2D eigenvalue weighted by atomic mass is 10.1. The van der Waals surface area contributed by atoms with Crippen molar-refractivity contribution in [2.24, 2.45) is 0 Å². The van der Waals surface area contributed by atoms with Crippen molar-refractivity contribution >= 4 is 28.4 Å². The Morgan fingerprint density at radius 3 is 2.72 bits per heavy atom. The van der Waals surface area contributed by atoms with E-state index in [0.29, 0.717) is 18.8 Å². The predicted molar refractivity (Wildman–Crippen MR) is 124 cm³/mol. The molecule has 1 unspecified atom stereocenters. The number of nitrogens with one attached hydrogen (secondary N) is 2. The summed E-state index contributed by atoms with van der Waals surface area (Å²) < 4.78 is 5.90. The van der Waals surface area contributed by atoms with Crippen LogP contribution in [-0.2, 0) is 14.3 Å². The molecule has 2 amide bonds. The molecule has 0 bridgehead atoms. The van der Waals surface area contributed by atoms with E-state index in [1.165, 1.54) is 5.56 Å². The van der Waals surface area contributed by atoms with Gasteiger partial charge in [0.1, 0.15) is 0 Å². The van der Waals surface area contributed by atoms with Crippen molar-refractivity contribution in [1.29, 1.82) is 0 Å². The highest BCUT2D eigenvalue weighted by Gasteiger charge is 2.21. The molecule has 1 saturated heterocycles. The second-order valence-electron chi connectivity index (χ2n) is 7.96. The number of ether oxygens (including phenoxy) is 1. The van der Waals surface area contributed by atoms with E-state index in [1.807, 2.05) is 49.4 Å². The van der Waals surface area contributed by atoms with Crippen LogP contribution in [0.5, 0.6) is 0 Å². The molecular weight excluding hydrogens is 404 g/mol. The molecule has 1 aliphatic rings. The number of hydrogen-bond donors (Lipinski definition) is 2. The van der Waals surface area contributed by atoms with Gasteiger partial charge in [0.2, 0.25) is 0 Å². The van der Waals surface area contributed by atoms with E-state index >= 15 is 0 Å². The lowest BCUT2D eigenvalue weighted by molar-refractivity contribution is -0.136. The second kappa shape index (κ2) is 10.3. The third-order valence-corrected chi connectivity index (χ3v) is 5.56. The van der Waals surface area contributed by atoms with Crippen molar-refractivity contribution in [3.05, 3.63) is 71.9 Å². The number of benzene rings is 2. The Labute approximate surface area is 187 Å². The van der Waals surface area contributed by atoms with Gasteiger partial charge in [0.05, 0.1) is 23.9 Å². The van der Waals surface area contributed by atoms with Crippen molar-refractivity contribution in [2.75, 3.05) is 38.1 Å². The van der Waals surface area contributed by atoms with Crippen LogP contribution in [0.2, 0.25) is 0 Å². The number of morpholine rings is 1. The van der Waals surface area contributed by atoms with E-state index in [0.717, 1.165) is 42.7 Å². The zero-order chi connectivity index (χ0) is 22.3. The van der Waals surface area contributed by atoms with E-state index < -0.39 is 11.8 Å². The molecule has 0 saturated carbocycles. The third-order valence-electron chi connectivity index (χ3n) is 5.56. The molecule has 0 aliphatic carbocycles. The number of anilines is 1. The quantitative estimate of drug-likeness (QED) is 0.462. The van der Waals surface area contributed by atoms with Crippen LogP contribution in [-0.4, -0.2) is 54.5 Å². The van der Waals surface area contributed by atoms with Crippen LogP contribution in [0.4, 0.5) is 5.69 Å². The first kappa shape index (κ1) is 21.9. The predicted octanol–water partition coefficient (Wildman–Crippen LogP) is 3.06. The number of aryl methyl sites for hydroxylation is 1. The summed E-state index contributed by atoms with van der Waals surface area (Å²) in [6.45, 7) is 5.52. The zero-order valence-corrected chi connectivity index (χ0v) is 18.2. The topological polar surface area (TPSA) is 83.6 Å². The SMILES string of the molecule is Cc1cc(NC(=O)C(=O)NCCCN2CCOC(c3ccccc3)C2)c2ccccc2n1. The average Bonchev–Trinajstić information content (AvgIpc) is 2.82. The molecule has 7 heteroatoms. The van der Waals surface area contributed by atoms with Gasteiger partial charge in [0.25, 0.3) is 0 Å². The summed E-state index contributed by atoms with van der Waals surface area (Å²) in [4.78, 5) is 31.5. The largest absolute Gasteiger partial charge is 0.371 e. The lowest BCUT2D eigenvalue weighted by Crippen LogP contribution is -2.41. The fraction of sp³-hybridized carbons (Fsp3) is 0.320. The molecular formula is C25H28N4O3. The Bertz CT molecular complexity index is 1090. The van der Waals surface area contributed by atoms with Gasteiger partial charge >= 0.3 is 11.8 Å². The minimum atomic E-state index is -0.670. The molecule has 2 aromatic carbocycles. The Morgan fingerprint density at radius 1 is 1.09 bits per heavy atom. The van der Waals surface area contributed by atoms with Gasteiger partial charge in [0, 0.05) is 37.3 Å². The molecule has 0 radical (unpaired) electrons. The second-order valence-corrected chi connectivity index (χ2v) is 7.96. The third kappa shape index (κ3) is 5.49. The summed E-state index contributed by atoms with van der Waals surface area (Å²) in [6.07, 6.45) is 0.835. The molecule has 3 aromatic rings. The molecule has 1 aromatic heterocycles. The first-order valence-electron chi connectivity index (χ1n) is 10.9. The highest BCUT2D eigenvalue weighted by Crippen LogP contribution is 2.23. The van der Waals surface area contributed by atoms with Gasteiger partial charge in [-0.2, -0.15) is 0 Å². The summed E-state index contributed by atoms with van der Waals surface area (Å²) >= 11 is 0. The van der Waals surface area contributed by atoms with E-state index in [-0.39, 0.29) is 6.10 Å². The monoisotopic (exact) mass is 432 g/mol. The number of fused-ring (bicyclic) bond motifs is 1. The Hall–Kier alpha value is -3.29. The van der Waals surface area contributed by atoms with Gasteiger partial charge in [-0.05, 0) is 31.0 Å². The highest BCUT2D eigenvalue weighted by molar-refractivity contribution is 6.40. The fourth-order valence-corrected chi connectivity index (χ4v) is 3.95. The number of pyridine rings is 1. The summed E-state index contributed by atoms with van der Waals surface area (Å²) in [7, 11) is 0.